The summed E-state index contributed by atoms with van der Waals surface area (Å²) in [6.07, 6.45) is 11.5. The van der Waals surface area contributed by atoms with Gasteiger partial charge in [0.2, 0.25) is 41.4 Å². The van der Waals surface area contributed by atoms with Crippen LogP contribution >= 0.6 is 0 Å². The van der Waals surface area contributed by atoms with Crippen molar-refractivity contribution in [1.82, 2.24) is 24.9 Å². The van der Waals surface area contributed by atoms with E-state index in [-0.39, 0.29) is 133 Å². The fourth-order valence-electron chi connectivity index (χ4n) is 12.5. The molecule has 5 heterocycles. The van der Waals surface area contributed by atoms with E-state index in [9.17, 15) is 71.9 Å². The van der Waals surface area contributed by atoms with Gasteiger partial charge in [-0.1, -0.05) is 27.7 Å². The number of aliphatic hydroxyl groups excluding tert-OH is 1. The van der Waals surface area contributed by atoms with E-state index in [2.05, 4.69) is 5.32 Å². The number of carbonyl (C=O) groups is 15. The van der Waals surface area contributed by atoms with E-state index < -0.39 is 47.6 Å². The van der Waals surface area contributed by atoms with Gasteiger partial charge in [-0.25, -0.2) is 9.59 Å². The van der Waals surface area contributed by atoms with Gasteiger partial charge in [-0.15, -0.1) is 0 Å². The molecule has 30 heteroatoms. The zero-order valence-electron chi connectivity index (χ0n) is 62.7. The number of hydrogen-bond acceptors (Lipinski definition) is 22. The molecule has 5 saturated heterocycles. The maximum absolute atomic E-state index is 12.4. The summed E-state index contributed by atoms with van der Waals surface area (Å²) in [5, 5.41) is 20.9. The van der Waals surface area contributed by atoms with E-state index in [1.54, 1.807) is 72.1 Å². The Bertz CT molecular complexity index is 2640. The highest BCUT2D eigenvalue weighted by molar-refractivity contribution is 5.89. The zero-order valence-corrected chi connectivity index (χ0v) is 62.7. The van der Waals surface area contributed by atoms with Gasteiger partial charge < -0.3 is 75.0 Å². The van der Waals surface area contributed by atoms with Crippen LogP contribution in [-0.2, 0) is 100 Å². The minimum atomic E-state index is -0.995. The van der Waals surface area contributed by atoms with Crippen molar-refractivity contribution < 1.29 is 111 Å². The van der Waals surface area contributed by atoms with Crippen molar-refractivity contribution in [3.05, 3.63) is 0 Å². The number of nitrogens with zero attached hydrogens (tertiary/aromatic N) is 4. The van der Waals surface area contributed by atoms with Crippen LogP contribution in [0.15, 0.2) is 0 Å². The van der Waals surface area contributed by atoms with Crippen molar-refractivity contribution in [2.45, 2.75) is 261 Å². The van der Waals surface area contributed by atoms with Crippen molar-refractivity contribution in [2.75, 3.05) is 72.4 Å². The molecule has 0 aromatic heterocycles. The Kier molecular flexibility index (Phi) is 45.0. The lowest BCUT2D eigenvalue weighted by atomic mass is 9.88. The number of esters is 6. The Balaban J connectivity index is 0.000000619. The van der Waals surface area contributed by atoms with Crippen LogP contribution in [0.2, 0.25) is 0 Å². The van der Waals surface area contributed by atoms with Gasteiger partial charge in [0.1, 0.15) is 35.6 Å². The number of carboxylic acids is 1. The summed E-state index contributed by atoms with van der Waals surface area (Å²) < 4.78 is 30.2. The zero-order chi connectivity index (χ0) is 77.2. The van der Waals surface area contributed by atoms with Crippen LogP contribution in [0.5, 0.6) is 0 Å². The monoisotopic (exact) mass is 1450 g/mol. The van der Waals surface area contributed by atoms with Crippen LogP contribution < -0.4 is 16.8 Å². The molecule has 6 aliphatic rings. The smallest absolute Gasteiger partial charge is 0.329 e. The van der Waals surface area contributed by atoms with Gasteiger partial charge in [0.05, 0.1) is 62.6 Å². The first-order chi connectivity index (χ1) is 48.3. The second-order valence-corrected chi connectivity index (χ2v) is 26.6. The second-order valence-electron chi connectivity index (χ2n) is 26.6. The Labute approximate surface area is 602 Å². The second kappa shape index (κ2) is 49.8. The predicted molar refractivity (Wildman–Crippen MR) is 372 cm³/mol. The third-order valence-electron chi connectivity index (χ3n) is 18.2. The Morgan fingerprint density at radius 1 is 0.422 bits per heavy atom. The molecule has 6 fully saturated rings. The van der Waals surface area contributed by atoms with E-state index in [4.69, 9.17) is 50.1 Å². The number of carbonyl (C=O) groups excluding carboxylic acids is 14. The molecule has 6 rings (SSSR count). The number of ether oxygens (including phenoxy) is 6. The molecule has 7 N–H and O–H groups in total. The summed E-state index contributed by atoms with van der Waals surface area (Å²) in [5.41, 5.74) is 9.99. The highest BCUT2D eigenvalue weighted by Gasteiger charge is 2.38. The third kappa shape index (κ3) is 33.6. The lowest BCUT2D eigenvalue weighted by molar-refractivity contribution is -0.165. The lowest BCUT2D eigenvalue weighted by Crippen LogP contribution is -2.47. The molecule has 0 bridgehead atoms. The Morgan fingerprint density at radius 2 is 0.716 bits per heavy atom. The van der Waals surface area contributed by atoms with E-state index in [1.165, 1.54) is 9.80 Å². The summed E-state index contributed by atoms with van der Waals surface area (Å²) in [7, 11) is 0. The number of amides is 7. The Morgan fingerprint density at radius 3 is 1.03 bits per heavy atom. The largest absolute Gasteiger partial charge is 0.480 e. The number of rotatable bonds is 23. The van der Waals surface area contributed by atoms with E-state index >= 15 is 0 Å². The normalized spacial score (nSPS) is 21.7. The summed E-state index contributed by atoms with van der Waals surface area (Å²) in [5.74, 6) is -4.37. The Hall–Kier alpha value is -7.79. The highest BCUT2D eigenvalue weighted by atomic mass is 16.6. The molecule has 5 aliphatic heterocycles. The van der Waals surface area contributed by atoms with Gasteiger partial charge in [0.15, 0.2) is 0 Å². The molecule has 9 atom stereocenters. The number of aliphatic hydroxyl groups is 1. The van der Waals surface area contributed by atoms with E-state index in [0.29, 0.717) is 188 Å². The van der Waals surface area contributed by atoms with Gasteiger partial charge in [-0.05, 0) is 164 Å². The van der Waals surface area contributed by atoms with Gasteiger partial charge >= 0.3 is 41.8 Å². The third-order valence-corrected chi connectivity index (χ3v) is 18.2. The number of ketones is 1. The topological polar surface area (TPSA) is 429 Å². The first kappa shape index (κ1) is 92.2. The highest BCUT2D eigenvalue weighted by Crippen LogP contribution is 2.28. The SMILES string of the molecule is CCC(C(N)=O)N1CCC(CO)CCC1=O.CCOC(=O)C1CCC(=O)CC1.CCOC(=O)C1CCC(=O)N(C(CC)C(=O)O)CC1.CCOC(=O)C1CCC(=O)N(C(CC)C(=O)OC(C)(C)C)CC1.CCOC(=O)C1CCC(=O)N(C(CC)C(N)=O)CC1.CCOC(=O)C1CCNC(=O)CC1. The van der Waals surface area contributed by atoms with Crippen LogP contribution in [0.1, 0.15) is 231 Å². The molecule has 7 amide bonds. The number of hydrogen-bond donors (Lipinski definition) is 5. The number of nitrogens with two attached hydrogens (primary N) is 2. The van der Waals surface area contributed by atoms with Gasteiger partial charge in [-0.3, -0.25) is 62.3 Å². The molecular formula is C72H121N7O23. The first-order valence-corrected chi connectivity index (χ1v) is 36.7. The summed E-state index contributed by atoms with van der Waals surface area (Å²) in [6, 6.07) is -2.46. The summed E-state index contributed by atoms with van der Waals surface area (Å²) >= 11 is 0. The molecule has 0 aromatic carbocycles. The first-order valence-electron chi connectivity index (χ1n) is 36.7. The van der Waals surface area contributed by atoms with Crippen molar-refractivity contribution in [3.8, 4) is 0 Å². The average molecular weight is 1450 g/mol. The summed E-state index contributed by atoms with van der Waals surface area (Å²) in [6.45, 7) is 25.6. The fourth-order valence-corrected chi connectivity index (χ4v) is 12.5. The maximum atomic E-state index is 12.4. The van der Waals surface area contributed by atoms with E-state index in [0.717, 1.165) is 6.42 Å². The lowest BCUT2D eigenvalue weighted by Gasteiger charge is -2.31. The fraction of sp³-hybridized carbons (Fsp3) is 0.792. The standard InChI is InChI=1S/C17H29NO5.C13H22N2O4.C13H21NO5.C11H20N2O3.C9H15NO3.C9H14O3/c1-6-13(16(21)23-17(3,4)5)18-11-10-12(8-9-14(18)19)15(20)22-7-2;1-3-10(12(14)17)15-8-7-9(5-6-11(15)16)13(18)19-4-2;1-3-10(12(16)17)14-8-7-9(5-6-11(14)15)13(18)19-4-2;1-2-9(11(12)16)13-6-5-8(7-14)3-4-10(13)15;1-2-13-9(12)7-3-4-8(11)10-6-5-7;1-2-12-9(11)7-3-5-8(10)6-4-7/h12-13H,6-11H2,1-5H3;9-10H,3-8H2,1-2H3,(H2,14,17);9-10H,3-8H2,1-2H3,(H,16,17);8-9,14H,2-7H2,1H3,(H2,12,16);7H,2-6H2,1H3,(H,10,11);7H,2-6H2,1H3. The summed E-state index contributed by atoms with van der Waals surface area (Å²) in [4.78, 5) is 180. The van der Waals surface area contributed by atoms with Crippen LogP contribution in [0, 0.1) is 35.5 Å². The van der Waals surface area contributed by atoms with Crippen molar-refractivity contribution in [1.29, 1.82) is 0 Å². The van der Waals surface area contributed by atoms with Crippen LogP contribution in [-0.4, -0.2) is 221 Å². The predicted octanol–water partition coefficient (Wildman–Crippen LogP) is 5.43. The number of Topliss-reactive ketones (excluding diaryl/α,β-unsaturated/α-hetero) is 1. The van der Waals surface area contributed by atoms with Gasteiger partial charge in [0.25, 0.3) is 0 Å². The van der Waals surface area contributed by atoms with Crippen LogP contribution in [0.25, 0.3) is 0 Å². The number of likely N-dealkylation sites (tertiary alicyclic amines) is 4. The molecule has 582 valence electrons. The number of carboxylic acid groups (broad SMARTS) is 1. The van der Waals surface area contributed by atoms with Crippen molar-refractivity contribution in [3.63, 3.8) is 0 Å². The van der Waals surface area contributed by atoms with Crippen LogP contribution in [0.4, 0.5) is 0 Å². The minimum Gasteiger partial charge on any atom is -0.480 e. The molecule has 0 spiro atoms. The molecular weight excluding hydrogens is 1330 g/mol. The molecule has 9 unspecified atom stereocenters. The quantitative estimate of drug-likeness (QED) is 0.0629. The number of aliphatic carboxylic acids is 1. The van der Waals surface area contributed by atoms with Crippen LogP contribution in [0.3, 0.4) is 0 Å². The molecule has 1 aliphatic carbocycles. The maximum Gasteiger partial charge on any atom is 0.329 e. The molecule has 0 aromatic rings. The number of nitrogens with one attached hydrogen (secondary N) is 1. The van der Waals surface area contributed by atoms with Gasteiger partial charge in [0, 0.05) is 84.3 Å². The average Bonchev–Trinajstić information content (AvgIpc) is 1.50. The minimum absolute atomic E-state index is 0.0253. The van der Waals surface area contributed by atoms with Gasteiger partial charge in [-0.2, -0.15) is 0 Å². The van der Waals surface area contributed by atoms with E-state index in [1.807, 2.05) is 20.8 Å². The molecule has 102 heavy (non-hydrogen) atoms. The molecule has 1 saturated carbocycles. The molecule has 0 radical (unpaired) electrons. The van der Waals surface area contributed by atoms with Crippen molar-refractivity contribution in [2.24, 2.45) is 47.0 Å². The molecule has 30 nitrogen and oxygen atoms in total. The number of primary amides is 2. The van der Waals surface area contributed by atoms with Crippen molar-refractivity contribution >= 4 is 88.9 Å².